The van der Waals surface area contributed by atoms with Crippen LogP contribution in [0, 0.1) is 5.92 Å². The molecule has 0 aromatic carbocycles. The molecule has 12 heteroatoms. The molecule has 0 aliphatic carbocycles. The summed E-state index contributed by atoms with van der Waals surface area (Å²) in [6, 6.07) is -4.60. The van der Waals surface area contributed by atoms with E-state index in [0.717, 1.165) is 0 Å². The molecule has 0 saturated carbocycles. The van der Waals surface area contributed by atoms with Crippen LogP contribution in [-0.2, 0) is 24.0 Å². The third-order valence-electron chi connectivity index (χ3n) is 4.04. The largest absolute Gasteiger partial charge is 0.480 e. The van der Waals surface area contributed by atoms with E-state index in [1.165, 1.54) is 6.92 Å². The molecule has 5 unspecified atom stereocenters. The van der Waals surface area contributed by atoms with Crippen molar-refractivity contribution >= 4 is 42.2 Å². The molecule has 11 nitrogen and oxygen atoms in total. The van der Waals surface area contributed by atoms with E-state index in [9.17, 15) is 29.1 Å². The van der Waals surface area contributed by atoms with E-state index in [0.29, 0.717) is 6.42 Å². The lowest BCUT2D eigenvalue weighted by Crippen LogP contribution is -2.58. The van der Waals surface area contributed by atoms with Crippen molar-refractivity contribution in [1.29, 1.82) is 0 Å². The summed E-state index contributed by atoms with van der Waals surface area (Å²) in [7, 11) is 0. The number of nitrogens with two attached hydrogens (primary N) is 2. The normalized spacial score (nSPS) is 16.0. The predicted octanol–water partition coefficient (Wildman–Crippen LogP) is -2.28. The Hall–Kier alpha value is -2.34. The maximum Gasteiger partial charge on any atom is 0.326 e. The molecule has 0 spiro atoms. The smallest absolute Gasteiger partial charge is 0.326 e. The summed E-state index contributed by atoms with van der Waals surface area (Å²) >= 11 is 3.98. The van der Waals surface area contributed by atoms with Gasteiger partial charge >= 0.3 is 5.97 Å². The minimum absolute atomic E-state index is 0.0974. The second-order valence-electron chi connectivity index (χ2n) is 6.47. The van der Waals surface area contributed by atoms with Crippen molar-refractivity contribution in [3.63, 3.8) is 0 Å². The Balaban J connectivity index is 5.31. The quantitative estimate of drug-likeness (QED) is 0.173. The molecule has 0 aliphatic rings. The highest BCUT2D eigenvalue weighted by Crippen LogP contribution is 2.09. The van der Waals surface area contributed by atoms with Gasteiger partial charge in [0.25, 0.3) is 0 Å². The van der Waals surface area contributed by atoms with Crippen LogP contribution in [0.4, 0.5) is 0 Å². The zero-order chi connectivity index (χ0) is 22.0. The number of rotatable bonds is 12. The fourth-order valence-electron chi connectivity index (χ4n) is 2.12. The molecular formula is C16H29N5O6S. The Morgan fingerprint density at radius 2 is 1.46 bits per heavy atom. The molecule has 0 radical (unpaired) electrons. The van der Waals surface area contributed by atoms with E-state index >= 15 is 0 Å². The average Bonchev–Trinajstić information content (AvgIpc) is 2.61. The van der Waals surface area contributed by atoms with Gasteiger partial charge in [0.05, 0.1) is 12.5 Å². The number of carbonyl (C=O) groups is 5. The molecule has 0 heterocycles. The molecule has 0 aliphatic heterocycles. The minimum atomic E-state index is -1.41. The number of hydrogen-bond acceptors (Lipinski definition) is 7. The van der Waals surface area contributed by atoms with Gasteiger partial charge in [0.15, 0.2) is 0 Å². The average molecular weight is 420 g/mol. The van der Waals surface area contributed by atoms with Gasteiger partial charge < -0.3 is 32.5 Å². The van der Waals surface area contributed by atoms with Crippen LogP contribution in [0.25, 0.3) is 0 Å². The van der Waals surface area contributed by atoms with Crippen molar-refractivity contribution in [2.75, 3.05) is 5.75 Å². The Bertz CT molecular complexity index is 600. The molecular weight excluding hydrogens is 390 g/mol. The number of hydrogen-bond donors (Lipinski definition) is 7. The SMILES string of the molecule is CCC(C)C(NC(=O)C(CC(N)=O)NC(=O)C(CS)NC(=O)C(C)N)C(=O)O. The molecule has 0 bridgehead atoms. The monoisotopic (exact) mass is 419 g/mol. The van der Waals surface area contributed by atoms with Gasteiger partial charge in [-0.05, 0) is 12.8 Å². The van der Waals surface area contributed by atoms with Crippen molar-refractivity contribution < 1.29 is 29.1 Å². The molecule has 0 aromatic heterocycles. The zero-order valence-electron chi connectivity index (χ0n) is 16.1. The summed E-state index contributed by atoms with van der Waals surface area (Å²) in [4.78, 5) is 59.2. The fraction of sp³-hybridized carbons (Fsp3) is 0.688. The Morgan fingerprint density at radius 1 is 0.964 bits per heavy atom. The van der Waals surface area contributed by atoms with Gasteiger partial charge in [-0.25, -0.2) is 4.79 Å². The summed E-state index contributed by atoms with van der Waals surface area (Å²) in [6.45, 7) is 4.82. The van der Waals surface area contributed by atoms with E-state index in [1.54, 1.807) is 13.8 Å². The van der Waals surface area contributed by atoms with Crippen LogP contribution in [-0.4, -0.2) is 64.6 Å². The van der Waals surface area contributed by atoms with Gasteiger partial charge in [0.1, 0.15) is 18.1 Å². The van der Waals surface area contributed by atoms with E-state index in [2.05, 4.69) is 28.6 Å². The van der Waals surface area contributed by atoms with Gasteiger partial charge in [-0.15, -0.1) is 0 Å². The van der Waals surface area contributed by atoms with Crippen LogP contribution < -0.4 is 27.4 Å². The van der Waals surface area contributed by atoms with Crippen LogP contribution >= 0.6 is 12.6 Å². The summed E-state index contributed by atoms with van der Waals surface area (Å²) in [5, 5.41) is 16.2. The third-order valence-corrected chi connectivity index (χ3v) is 4.41. The molecule has 28 heavy (non-hydrogen) atoms. The molecule has 8 N–H and O–H groups in total. The highest BCUT2D eigenvalue weighted by Gasteiger charge is 2.32. The first-order chi connectivity index (χ1) is 12.9. The molecule has 0 aromatic rings. The number of carboxylic acid groups (broad SMARTS) is 1. The first kappa shape index (κ1) is 25.7. The van der Waals surface area contributed by atoms with Crippen molar-refractivity contribution in [2.24, 2.45) is 17.4 Å². The molecule has 4 amide bonds. The van der Waals surface area contributed by atoms with E-state index < -0.39 is 60.2 Å². The number of carboxylic acids is 1. The predicted molar refractivity (Wildman–Crippen MR) is 104 cm³/mol. The highest BCUT2D eigenvalue weighted by molar-refractivity contribution is 7.80. The lowest BCUT2D eigenvalue weighted by Gasteiger charge is -2.25. The topological polar surface area (TPSA) is 194 Å². The van der Waals surface area contributed by atoms with E-state index in [1.807, 2.05) is 0 Å². The molecule has 5 atom stereocenters. The molecule has 0 fully saturated rings. The lowest BCUT2D eigenvalue weighted by atomic mass is 9.98. The standard InChI is InChI=1S/C16H29N5O6S/c1-4-7(2)12(16(26)27)21-14(24)9(5-11(18)22)19-15(25)10(6-28)20-13(23)8(3)17/h7-10,12,28H,4-6,17H2,1-3H3,(H2,18,22)(H,19,25)(H,20,23)(H,21,24)(H,26,27). The Labute approximate surface area is 168 Å². The second-order valence-corrected chi connectivity index (χ2v) is 6.84. The summed E-state index contributed by atoms with van der Waals surface area (Å²) in [5.74, 6) is -4.88. The third kappa shape index (κ3) is 8.57. The Kier molecular flexibility index (Phi) is 11.2. The Morgan fingerprint density at radius 3 is 1.86 bits per heavy atom. The van der Waals surface area contributed by atoms with Gasteiger partial charge in [-0.1, -0.05) is 20.3 Å². The maximum absolute atomic E-state index is 12.5. The minimum Gasteiger partial charge on any atom is -0.480 e. The van der Waals surface area contributed by atoms with Crippen LogP contribution in [0.2, 0.25) is 0 Å². The van der Waals surface area contributed by atoms with Gasteiger partial charge in [-0.3, -0.25) is 19.2 Å². The number of aliphatic carboxylic acids is 1. The van der Waals surface area contributed by atoms with E-state index in [4.69, 9.17) is 11.5 Å². The number of thiol groups is 1. The van der Waals surface area contributed by atoms with Crippen LogP contribution in [0.1, 0.15) is 33.6 Å². The van der Waals surface area contributed by atoms with Crippen molar-refractivity contribution in [3.05, 3.63) is 0 Å². The number of amides is 4. The first-order valence-electron chi connectivity index (χ1n) is 8.73. The summed E-state index contributed by atoms with van der Waals surface area (Å²) < 4.78 is 0. The highest BCUT2D eigenvalue weighted by atomic mass is 32.1. The van der Waals surface area contributed by atoms with Crippen molar-refractivity contribution in [2.45, 2.75) is 57.8 Å². The molecule has 160 valence electrons. The van der Waals surface area contributed by atoms with Crippen LogP contribution in [0.5, 0.6) is 0 Å². The lowest BCUT2D eigenvalue weighted by molar-refractivity contribution is -0.144. The molecule has 0 saturated heterocycles. The maximum atomic E-state index is 12.5. The first-order valence-corrected chi connectivity index (χ1v) is 9.36. The van der Waals surface area contributed by atoms with Crippen molar-refractivity contribution in [3.8, 4) is 0 Å². The van der Waals surface area contributed by atoms with Gasteiger partial charge in [-0.2, -0.15) is 12.6 Å². The zero-order valence-corrected chi connectivity index (χ0v) is 17.0. The fourth-order valence-corrected chi connectivity index (χ4v) is 2.37. The molecule has 0 rings (SSSR count). The van der Waals surface area contributed by atoms with Crippen molar-refractivity contribution in [1.82, 2.24) is 16.0 Å². The number of nitrogens with one attached hydrogen (secondary N) is 3. The summed E-state index contributed by atoms with van der Waals surface area (Å²) in [6.07, 6.45) is -0.0694. The van der Waals surface area contributed by atoms with E-state index in [-0.39, 0.29) is 11.7 Å². The van der Waals surface area contributed by atoms with Gasteiger partial charge in [0.2, 0.25) is 23.6 Å². The number of carbonyl (C=O) groups excluding carboxylic acids is 4. The number of primary amides is 1. The van der Waals surface area contributed by atoms with Crippen LogP contribution in [0.3, 0.4) is 0 Å². The van der Waals surface area contributed by atoms with Crippen LogP contribution in [0.15, 0.2) is 0 Å². The summed E-state index contributed by atoms with van der Waals surface area (Å²) in [5.41, 5.74) is 10.6. The van der Waals surface area contributed by atoms with Gasteiger partial charge in [0, 0.05) is 5.75 Å². The second kappa shape index (κ2) is 12.2.